The number of hydrogen-bond acceptors (Lipinski definition) is 3. The number of ether oxygens (including phenoxy) is 1. The molecule has 1 aromatic carbocycles. The van der Waals surface area contributed by atoms with Crippen LogP contribution in [0.1, 0.15) is 25.3 Å². The number of nitrogens with one attached hydrogen (secondary N) is 1. The first-order valence-corrected chi connectivity index (χ1v) is 7.15. The van der Waals surface area contributed by atoms with Crippen molar-refractivity contribution in [2.45, 2.75) is 38.3 Å². The molecule has 1 N–H and O–H groups in total. The van der Waals surface area contributed by atoms with Crippen molar-refractivity contribution in [3.8, 4) is 0 Å². The molecule has 1 fully saturated rings. The monoisotopic (exact) mass is 311 g/mol. The Morgan fingerprint density at radius 1 is 1.39 bits per heavy atom. The van der Waals surface area contributed by atoms with Gasteiger partial charge in [0.2, 0.25) is 0 Å². The van der Waals surface area contributed by atoms with E-state index in [1.807, 2.05) is 19.1 Å². The van der Waals surface area contributed by atoms with Gasteiger partial charge in [-0.15, -0.1) is 0 Å². The van der Waals surface area contributed by atoms with Crippen molar-refractivity contribution >= 4 is 21.9 Å². The first-order valence-electron chi connectivity index (χ1n) is 6.36. The zero-order valence-corrected chi connectivity index (χ0v) is 12.1. The molecule has 0 aromatic heterocycles. The summed E-state index contributed by atoms with van der Waals surface area (Å²) in [5.41, 5.74) is 1.29. The summed E-state index contributed by atoms with van der Waals surface area (Å²) in [6, 6.07) is 8.58. The molecule has 18 heavy (non-hydrogen) atoms. The van der Waals surface area contributed by atoms with Crippen LogP contribution < -0.4 is 5.32 Å². The van der Waals surface area contributed by atoms with Gasteiger partial charge in [0.25, 0.3) is 0 Å². The number of carbonyl (C=O) groups excluding carboxylic acids is 1. The van der Waals surface area contributed by atoms with Crippen molar-refractivity contribution in [1.82, 2.24) is 5.32 Å². The summed E-state index contributed by atoms with van der Waals surface area (Å²) in [4.78, 5) is 11.6. The highest BCUT2D eigenvalue weighted by molar-refractivity contribution is 9.10. The van der Waals surface area contributed by atoms with Crippen molar-refractivity contribution in [3.05, 3.63) is 34.3 Å². The Hall–Kier alpha value is -0.870. The Bertz CT molecular complexity index is 405. The summed E-state index contributed by atoms with van der Waals surface area (Å²) in [6.07, 6.45) is 2.86. The normalized spacial score (nSPS) is 23.0. The van der Waals surface area contributed by atoms with Crippen LogP contribution in [0.3, 0.4) is 0 Å². The zero-order valence-electron chi connectivity index (χ0n) is 10.5. The van der Waals surface area contributed by atoms with Gasteiger partial charge in [-0.25, -0.2) is 0 Å². The summed E-state index contributed by atoms with van der Waals surface area (Å²) in [6.45, 7) is 2.29. The van der Waals surface area contributed by atoms with E-state index in [1.54, 1.807) is 0 Å². The van der Waals surface area contributed by atoms with Crippen LogP contribution in [-0.4, -0.2) is 24.7 Å². The smallest absolute Gasteiger partial charge is 0.323 e. The summed E-state index contributed by atoms with van der Waals surface area (Å²) >= 11 is 3.43. The SMILES string of the molecule is CCOC(=O)C1CCC(Cc2ccc(Br)cc2)N1. The third kappa shape index (κ3) is 3.56. The fourth-order valence-corrected chi connectivity index (χ4v) is 2.58. The Morgan fingerprint density at radius 3 is 2.78 bits per heavy atom. The highest BCUT2D eigenvalue weighted by atomic mass is 79.9. The van der Waals surface area contributed by atoms with E-state index in [1.165, 1.54) is 5.56 Å². The van der Waals surface area contributed by atoms with E-state index in [0.29, 0.717) is 12.6 Å². The fraction of sp³-hybridized carbons (Fsp3) is 0.500. The van der Waals surface area contributed by atoms with Crippen molar-refractivity contribution in [1.29, 1.82) is 0 Å². The van der Waals surface area contributed by atoms with Crippen LogP contribution in [0.2, 0.25) is 0 Å². The van der Waals surface area contributed by atoms with Crippen molar-refractivity contribution in [2.24, 2.45) is 0 Å². The average Bonchev–Trinajstić information content (AvgIpc) is 2.81. The number of hydrogen-bond donors (Lipinski definition) is 1. The standard InChI is InChI=1S/C14H18BrNO2/c1-2-18-14(17)13-8-7-12(16-13)9-10-3-5-11(15)6-4-10/h3-6,12-13,16H,2,7-9H2,1H3. The van der Waals surface area contributed by atoms with Gasteiger partial charge in [0.15, 0.2) is 0 Å². The van der Waals surface area contributed by atoms with E-state index in [2.05, 4.69) is 33.4 Å². The third-order valence-corrected chi connectivity index (χ3v) is 3.74. The van der Waals surface area contributed by atoms with E-state index >= 15 is 0 Å². The second-order valence-electron chi connectivity index (χ2n) is 4.58. The molecule has 0 saturated carbocycles. The van der Waals surface area contributed by atoms with Crippen molar-refractivity contribution in [3.63, 3.8) is 0 Å². The zero-order chi connectivity index (χ0) is 13.0. The molecule has 3 nitrogen and oxygen atoms in total. The summed E-state index contributed by atoms with van der Waals surface area (Å²) in [7, 11) is 0. The van der Waals surface area contributed by atoms with Gasteiger partial charge in [-0.2, -0.15) is 0 Å². The molecule has 98 valence electrons. The number of carbonyl (C=O) groups is 1. The minimum absolute atomic E-state index is 0.115. The highest BCUT2D eigenvalue weighted by Crippen LogP contribution is 2.19. The number of benzene rings is 1. The molecule has 1 heterocycles. The van der Waals surface area contributed by atoms with Gasteiger partial charge in [-0.1, -0.05) is 28.1 Å². The molecule has 4 heteroatoms. The molecule has 0 spiro atoms. The topological polar surface area (TPSA) is 38.3 Å². The van der Waals surface area contributed by atoms with E-state index in [9.17, 15) is 4.79 Å². The molecule has 2 rings (SSSR count). The average molecular weight is 312 g/mol. The lowest BCUT2D eigenvalue weighted by Crippen LogP contribution is -2.37. The molecule has 0 radical (unpaired) electrons. The summed E-state index contributed by atoms with van der Waals surface area (Å²) in [5, 5.41) is 3.35. The van der Waals surface area contributed by atoms with E-state index < -0.39 is 0 Å². The molecule has 2 atom stereocenters. The quantitative estimate of drug-likeness (QED) is 0.869. The summed E-state index contributed by atoms with van der Waals surface area (Å²) < 4.78 is 6.13. The van der Waals surface area contributed by atoms with Crippen LogP contribution in [0.25, 0.3) is 0 Å². The fourth-order valence-electron chi connectivity index (χ4n) is 2.31. The molecular formula is C14H18BrNO2. The van der Waals surface area contributed by atoms with Crippen LogP contribution in [0.15, 0.2) is 28.7 Å². The maximum atomic E-state index is 11.6. The molecular weight excluding hydrogens is 294 g/mol. The molecule has 0 aliphatic carbocycles. The van der Waals surface area contributed by atoms with Crippen molar-refractivity contribution in [2.75, 3.05) is 6.61 Å². The van der Waals surface area contributed by atoms with Gasteiger partial charge in [0.1, 0.15) is 6.04 Å². The molecule has 1 aliphatic heterocycles. The lowest BCUT2D eigenvalue weighted by atomic mass is 10.0. The van der Waals surface area contributed by atoms with Gasteiger partial charge in [-0.3, -0.25) is 4.79 Å². The van der Waals surface area contributed by atoms with Crippen LogP contribution in [-0.2, 0) is 16.0 Å². The molecule has 2 unspecified atom stereocenters. The lowest BCUT2D eigenvalue weighted by molar-refractivity contribution is -0.145. The maximum absolute atomic E-state index is 11.6. The maximum Gasteiger partial charge on any atom is 0.323 e. The lowest BCUT2D eigenvalue weighted by Gasteiger charge is -2.13. The van der Waals surface area contributed by atoms with Crippen LogP contribution in [0.5, 0.6) is 0 Å². The van der Waals surface area contributed by atoms with Crippen LogP contribution in [0, 0.1) is 0 Å². The highest BCUT2D eigenvalue weighted by Gasteiger charge is 2.29. The predicted octanol–water partition coefficient (Wildman–Crippen LogP) is 2.68. The van der Waals surface area contributed by atoms with Gasteiger partial charge < -0.3 is 10.1 Å². The molecule has 1 saturated heterocycles. The van der Waals surface area contributed by atoms with E-state index in [4.69, 9.17) is 4.74 Å². The Balaban J connectivity index is 1.86. The van der Waals surface area contributed by atoms with Crippen molar-refractivity contribution < 1.29 is 9.53 Å². The molecule has 1 aliphatic rings. The second-order valence-corrected chi connectivity index (χ2v) is 5.49. The van der Waals surface area contributed by atoms with Gasteiger partial charge in [0.05, 0.1) is 6.61 Å². The first-order chi connectivity index (χ1) is 8.69. The molecule has 1 aromatic rings. The minimum Gasteiger partial charge on any atom is -0.465 e. The predicted molar refractivity (Wildman–Crippen MR) is 74.4 cm³/mol. The molecule has 0 amide bonds. The van der Waals surface area contributed by atoms with Gasteiger partial charge in [0, 0.05) is 10.5 Å². The largest absolute Gasteiger partial charge is 0.465 e. The Labute approximate surface area is 116 Å². The minimum atomic E-state index is -0.120. The van der Waals surface area contributed by atoms with Gasteiger partial charge in [-0.05, 0) is 43.9 Å². The van der Waals surface area contributed by atoms with E-state index in [-0.39, 0.29) is 12.0 Å². The van der Waals surface area contributed by atoms with Crippen LogP contribution >= 0.6 is 15.9 Å². The first kappa shape index (κ1) is 13.6. The molecule has 0 bridgehead atoms. The van der Waals surface area contributed by atoms with E-state index in [0.717, 1.165) is 23.7 Å². The Kier molecular flexibility index (Phi) is 4.78. The number of rotatable bonds is 4. The number of halogens is 1. The Morgan fingerprint density at radius 2 is 2.11 bits per heavy atom. The number of esters is 1. The summed E-state index contributed by atoms with van der Waals surface area (Å²) in [5.74, 6) is -0.115. The van der Waals surface area contributed by atoms with Gasteiger partial charge >= 0.3 is 5.97 Å². The third-order valence-electron chi connectivity index (χ3n) is 3.21. The second kappa shape index (κ2) is 6.34. The van der Waals surface area contributed by atoms with Crippen LogP contribution in [0.4, 0.5) is 0 Å².